The Kier molecular flexibility index (Phi) is 6.49. The number of hydrogen-bond donors (Lipinski definition) is 0. The molecule has 144 valence electrons. The smallest absolute Gasteiger partial charge is 0.413 e. The van der Waals surface area contributed by atoms with E-state index in [1.54, 1.807) is 0 Å². The number of allylic oxidation sites excluding steroid dienone is 2. The Balaban J connectivity index is 2.52. The Morgan fingerprint density at radius 2 is 0.926 bits per heavy atom. The van der Waals surface area contributed by atoms with E-state index >= 15 is 0 Å². The number of halogens is 8. The van der Waals surface area contributed by atoms with Gasteiger partial charge in [-0.25, -0.2) is 0 Å². The highest BCUT2D eigenvalue weighted by Crippen LogP contribution is 2.33. The van der Waals surface area contributed by atoms with Gasteiger partial charge in [-0.05, 0) is 48.5 Å². The van der Waals surface area contributed by atoms with E-state index < -0.39 is 23.9 Å². The average molecular weight is 427 g/mol. The van der Waals surface area contributed by atoms with Crippen LogP contribution in [0, 0.1) is 0 Å². The third-order valence-electron chi connectivity index (χ3n) is 3.07. The topological polar surface area (TPSA) is 9.23 Å². The van der Waals surface area contributed by atoms with Gasteiger partial charge in [0.05, 0.1) is 12.2 Å². The second kappa shape index (κ2) is 8.27. The maximum atomic E-state index is 12.9. The van der Waals surface area contributed by atoms with E-state index in [1.807, 2.05) is 0 Å². The largest absolute Gasteiger partial charge is 0.456 e. The Hall–Kier alpha value is -2.12. The van der Waals surface area contributed by atoms with Gasteiger partial charge >= 0.3 is 12.4 Å². The minimum atomic E-state index is -4.82. The molecule has 2 aromatic rings. The molecule has 27 heavy (non-hydrogen) atoms. The normalized spacial score (nSPS) is 13.6. The summed E-state index contributed by atoms with van der Waals surface area (Å²) in [5.41, 5.74) is -0.197. The lowest BCUT2D eigenvalue weighted by Crippen LogP contribution is -2.08. The molecule has 0 atom stereocenters. The maximum absolute atomic E-state index is 12.9. The van der Waals surface area contributed by atoms with E-state index in [9.17, 15) is 26.3 Å². The first-order chi connectivity index (χ1) is 12.4. The van der Waals surface area contributed by atoms with Crippen molar-refractivity contribution < 1.29 is 31.1 Å². The van der Waals surface area contributed by atoms with Gasteiger partial charge in [0.15, 0.2) is 0 Å². The van der Waals surface area contributed by atoms with Crippen molar-refractivity contribution in [3.8, 4) is 0 Å². The first kappa shape index (κ1) is 21.2. The number of alkyl halides is 6. The van der Waals surface area contributed by atoms with E-state index in [2.05, 4.69) is 0 Å². The molecule has 0 saturated carbocycles. The summed E-state index contributed by atoms with van der Waals surface area (Å²) in [7, 11) is 0. The summed E-state index contributed by atoms with van der Waals surface area (Å²) < 4.78 is 82.3. The Morgan fingerprint density at radius 1 is 0.630 bits per heavy atom. The fraction of sp³-hybridized carbons (Fsp3) is 0.111. The number of ether oxygens (including phenoxy) is 1. The number of hydrogen-bond acceptors (Lipinski definition) is 1. The highest BCUT2D eigenvalue weighted by molar-refractivity contribution is 6.30. The summed E-state index contributed by atoms with van der Waals surface area (Å²) in [5, 5.41) is 0.489. The second-order valence-corrected chi connectivity index (χ2v) is 6.09. The van der Waals surface area contributed by atoms with Crippen molar-refractivity contribution in [3.05, 3.63) is 81.9 Å². The third kappa shape index (κ3) is 7.19. The molecule has 0 aliphatic heterocycles. The molecular formula is C18H10Cl2F6O. The van der Waals surface area contributed by atoms with Crippen LogP contribution in [0.4, 0.5) is 26.3 Å². The monoisotopic (exact) mass is 426 g/mol. The predicted molar refractivity (Wildman–Crippen MR) is 92.1 cm³/mol. The van der Waals surface area contributed by atoms with Gasteiger partial charge in [-0.2, -0.15) is 26.3 Å². The highest BCUT2D eigenvalue weighted by atomic mass is 35.5. The van der Waals surface area contributed by atoms with E-state index in [0.717, 1.165) is 0 Å². The minimum Gasteiger partial charge on any atom is -0.456 e. The van der Waals surface area contributed by atoms with Crippen LogP contribution < -0.4 is 0 Å². The first-order valence-electron chi connectivity index (χ1n) is 7.22. The first-order valence-corrected chi connectivity index (χ1v) is 7.97. The van der Waals surface area contributed by atoms with Crippen LogP contribution in [0.25, 0.3) is 11.5 Å². The van der Waals surface area contributed by atoms with Crippen molar-refractivity contribution in [2.24, 2.45) is 0 Å². The van der Waals surface area contributed by atoms with Crippen molar-refractivity contribution in [2.75, 3.05) is 0 Å². The molecule has 0 aliphatic carbocycles. The molecule has 0 saturated heterocycles. The number of rotatable bonds is 4. The van der Waals surface area contributed by atoms with Gasteiger partial charge in [0.1, 0.15) is 11.5 Å². The van der Waals surface area contributed by atoms with Gasteiger partial charge in [0.2, 0.25) is 0 Å². The molecule has 0 aromatic heterocycles. The fourth-order valence-electron chi connectivity index (χ4n) is 1.99. The molecule has 0 heterocycles. The maximum Gasteiger partial charge on any atom is 0.413 e. The zero-order valence-electron chi connectivity index (χ0n) is 13.2. The summed E-state index contributed by atoms with van der Waals surface area (Å²) in [4.78, 5) is 0. The molecule has 9 heteroatoms. The van der Waals surface area contributed by atoms with Gasteiger partial charge in [-0.3, -0.25) is 0 Å². The van der Waals surface area contributed by atoms with Crippen LogP contribution in [0.3, 0.4) is 0 Å². The van der Waals surface area contributed by atoms with E-state index in [1.165, 1.54) is 48.5 Å². The Bertz CT molecular complexity index is 763. The van der Waals surface area contributed by atoms with E-state index in [0.29, 0.717) is 0 Å². The Morgan fingerprint density at radius 3 is 1.19 bits per heavy atom. The van der Waals surface area contributed by atoms with E-state index in [4.69, 9.17) is 27.9 Å². The summed E-state index contributed by atoms with van der Waals surface area (Å²) in [6.07, 6.45) is -10.1. The lowest BCUT2D eigenvalue weighted by Gasteiger charge is -2.16. The molecule has 0 spiro atoms. The summed E-state index contributed by atoms with van der Waals surface area (Å²) >= 11 is 11.4. The Labute approximate surface area is 160 Å². The summed E-state index contributed by atoms with van der Waals surface area (Å²) in [6, 6.07) is 9.97. The second-order valence-electron chi connectivity index (χ2n) is 5.22. The van der Waals surface area contributed by atoms with Gasteiger partial charge < -0.3 is 4.74 Å². The molecule has 0 amide bonds. The molecule has 0 unspecified atom stereocenters. The van der Waals surface area contributed by atoms with Crippen LogP contribution in [0.15, 0.2) is 60.7 Å². The van der Waals surface area contributed by atoms with Crippen LogP contribution in [-0.2, 0) is 4.74 Å². The standard InChI is InChI=1S/C18H10Cl2F6O/c19-13-5-1-11(2-6-13)15(9-17(21,22)23)27-16(10-18(24,25)26)12-3-7-14(20)8-4-12/h1-10H/b15-9+,16-10+. The lowest BCUT2D eigenvalue weighted by molar-refractivity contribution is -0.0803. The van der Waals surface area contributed by atoms with Crippen molar-refractivity contribution in [2.45, 2.75) is 12.4 Å². The predicted octanol–water partition coefficient (Wildman–Crippen LogP) is 7.52. The molecule has 0 fully saturated rings. The molecule has 0 N–H and O–H groups in total. The molecule has 2 rings (SSSR count). The molecule has 0 aliphatic rings. The third-order valence-corrected chi connectivity index (χ3v) is 3.57. The quantitative estimate of drug-likeness (QED) is 0.362. The van der Waals surface area contributed by atoms with Gasteiger partial charge in [0, 0.05) is 21.2 Å². The average Bonchev–Trinajstić information content (AvgIpc) is 2.52. The highest BCUT2D eigenvalue weighted by Gasteiger charge is 2.29. The van der Waals surface area contributed by atoms with Crippen molar-refractivity contribution in [1.82, 2.24) is 0 Å². The zero-order valence-corrected chi connectivity index (χ0v) is 14.7. The zero-order chi connectivity index (χ0) is 20.2. The van der Waals surface area contributed by atoms with Crippen molar-refractivity contribution >= 4 is 34.7 Å². The van der Waals surface area contributed by atoms with Gasteiger partial charge in [0.25, 0.3) is 0 Å². The fourth-order valence-corrected chi connectivity index (χ4v) is 2.24. The molecule has 0 bridgehead atoms. The minimum absolute atomic E-state index is 0.0984. The van der Waals surface area contributed by atoms with Crippen LogP contribution in [0.5, 0.6) is 0 Å². The van der Waals surface area contributed by atoms with Crippen LogP contribution in [-0.4, -0.2) is 12.4 Å². The molecule has 2 aromatic carbocycles. The van der Waals surface area contributed by atoms with Crippen molar-refractivity contribution in [1.29, 1.82) is 0 Å². The van der Waals surface area contributed by atoms with Crippen molar-refractivity contribution in [3.63, 3.8) is 0 Å². The lowest BCUT2D eigenvalue weighted by atomic mass is 10.1. The van der Waals surface area contributed by atoms with Crippen LogP contribution in [0.1, 0.15) is 11.1 Å². The van der Waals surface area contributed by atoms with Crippen LogP contribution in [0.2, 0.25) is 10.0 Å². The van der Waals surface area contributed by atoms with Gasteiger partial charge in [-0.15, -0.1) is 0 Å². The summed E-state index contributed by atoms with van der Waals surface area (Å²) in [6.45, 7) is 0. The van der Waals surface area contributed by atoms with Gasteiger partial charge in [-0.1, -0.05) is 23.2 Å². The number of benzene rings is 2. The van der Waals surface area contributed by atoms with Crippen LogP contribution >= 0.6 is 23.2 Å². The molecule has 1 nitrogen and oxygen atoms in total. The molecular weight excluding hydrogens is 417 g/mol. The SMILES string of the molecule is FC(F)(F)/C=C(/O/C(=C/C(F)(F)F)c1ccc(Cl)cc1)c1ccc(Cl)cc1. The molecule has 0 radical (unpaired) electrons. The summed E-state index contributed by atoms with van der Waals surface area (Å²) in [5.74, 6) is -1.63. The van der Waals surface area contributed by atoms with E-state index in [-0.39, 0.29) is 33.3 Å².